The van der Waals surface area contributed by atoms with Crippen molar-refractivity contribution in [2.45, 2.75) is 0 Å². The van der Waals surface area contributed by atoms with Crippen molar-refractivity contribution in [3.05, 3.63) is 42.4 Å². The maximum atomic E-state index is 10.4. The Morgan fingerprint density at radius 3 is 2.85 bits per heavy atom. The molecule has 2 heterocycles. The second-order valence-electron chi connectivity index (χ2n) is 2.42. The van der Waals surface area contributed by atoms with Crippen LogP contribution in [0.25, 0.3) is 5.82 Å². The van der Waals surface area contributed by atoms with E-state index in [9.17, 15) is 4.79 Å². The third kappa shape index (κ3) is 1.33. The molecule has 2 aromatic rings. The van der Waals surface area contributed by atoms with Crippen LogP contribution in [0.5, 0.6) is 0 Å². The van der Waals surface area contributed by atoms with Gasteiger partial charge in [-0.3, -0.25) is 4.79 Å². The molecule has 0 bridgehead atoms. The summed E-state index contributed by atoms with van der Waals surface area (Å²) >= 11 is 0. The first-order valence-corrected chi connectivity index (χ1v) is 3.75. The van der Waals surface area contributed by atoms with Crippen molar-refractivity contribution in [3.8, 4) is 5.82 Å². The predicted octanol–water partition coefficient (Wildman–Crippen LogP) is 0.725. The predicted molar refractivity (Wildman–Crippen MR) is 46.2 cm³/mol. The van der Waals surface area contributed by atoms with Crippen molar-refractivity contribution in [1.82, 2.24) is 14.8 Å². The normalized spacial score (nSPS) is 9.85. The average molecular weight is 172 g/mol. The van der Waals surface area contributed by atoms with E-state index in [1.54, 1.807) is 30.7 Å². The Kier molecular flexibility index (Phi) is 1.88. The third-order valence-electron chi connectivity index (χ3n) is 1.61. The number of rotatable bonds is 2. The summed E-state index contributed by atoms with van der Waals surface area (Å²) in [5, 5.41) is 3.95. The van der Waals surface area contributed by atoms with Gasteiger partial charge in [-0.2, -0.15) is 5.10 Å². The topological polar surface area (TPSA) is 47.8 Å². The van der Waals surface area contributed by atoms with Crippen LogP contribution in [0.2, 0.25) is 0 Å². The summed E-state index contributed by atoms with van der Waals surface area (Å²) in [5.41, 5.74) is 0.374. The van der Waals surface area contributed by atoms with Crippen molar-refractivity contribution in [2.24, 2.45) is 0 Å². The molecule has 0 unspecified atom stereocenters. The molecule has 4 heteroatoms. The van der Waals surface area contributed by atoms with Crippen LogP contribution in [-0.2, 0) is 4.79 Å². The molecule has 4 nitrogen and oxygen atoms in total. The zero-order valence-electron chi connectivity index (χ0n) is 6.71. The molecule has 2 aromatic heterocycles. The molecular weight excluding hydrogens is 166 g/mol. The molecule has 0 saturated carbocycles. The minimum Gasteiger partial charge on any atom is -0.283 e. The summed E-state index contributed by atoms with van der Waals surface area (Å²) in [7, 11) is 0. The summed E-state index contributed by atoms with van der Waals surface area (Å²) < 4.78 is 1.44. The van der Waals surface area contributed by atoms with Crippen molar-refractivity contribution >= 4 is 6.29 Å². The van der Waals surface area contributed by atoms with Crippen LogP contribution in [0.3, 0.4) is 0 Å². The lowest BCUT2D eigenvalue weighted by Gasteiger charge is -1.99. The Labute approximate surface area is 74.8 Å². The molecule has 0 N–H and O–H groups in total. The number of hydrogen-bond donors (Lipinski definition) is 0. The molecule has 63 valence electrons. The molecule has 0 aliphatic rings. The zero-order chi connectivity index (χ0) is 9.10. The van der Waals surface area contributed by atoms with Crippen molar-refractivity contribution < 1.29 is 4.79 Å². The Bertz CT molecular complexity index is 408. The first-order chi connectivity index (χ1) is 6.42. The van der Waals surface area contributed by atoms with Gasteiger partial charge in [-0.05, 0) is 18.2 Å². The Hall–Kier alpha value is -1.97. The molecular formula is C9H6N3O. The fourth-order valence-electron chi connectivity index (χ4n) is 1.04. The summed E-state index contributed by atoms with van der Waals surface area (Å²) in [6, 6.07) is 6.99. The van der Waals surface area contributed by atoms with Gasteiger partial charge in [0.2, 0.25) is 0 Å². The van der Waals surface area contributed by atoms with Gasteiger partial charge in [0.25, 0.3) is 6.29 Å². The Balaban J connectivity index is 2.52. The quantitative estimate of drug-likeness (QED) is 0.670. The molecule has 0 aromatic carbocycles. The third-order valence-corrected chi connectivity index (χ3v) is 1.61. The largest absolute Gasteiger partial charge is 0.283 e. The minimum absolute atomic E-state index is 0.374. The molecule has 0 aliphatic heterocycles. The van der Waals surface area contributed by atoms with Gasteiger partial charge in [0, 0.05) is 6.20 Å². The zero-order valence-corrected chi connectivity index (χ0v) is 6.71. The van der Waals surface area contributed by atoms with E-state index in [1.165, 1.54) is 10.9 Å². The average Bonchev–Trinajstić information content (AvgIpc) is 2.67. The molecule has 0 fully saturated rings. The maximum absolute atomic E-state index is 10.4. The fraction of sp³-hybridized carbons (Fsp3) is 0. The second kappa shape index (κ2) is 3.18. The van der Waals surface area contributed by atoms with Gasteiger partial charge in [-0.1, -0.05) is 6.07 Å². The van der Waals surface area contributed by atoms with Crippen LogP contribution < -0.4 is 0 Å². The lowest BCUT2D eigenvalue weighted by Crippen LogP contribution is -2.02. The maximum Gasteiger partial charge on any atom is 0.253 e. The molecule has 0 aliphatic carbocycles. The van der Waals surface area contributed by atoms with E-state index in [-0.39, 0.29) is 0 Å². The molecule has 2 rings (SSSR count). The highest BCUT2D eigenvalue weighted by Gasteiger charge is 2.03. The Morgan fingerprint density at radius 1 is 1.23 bits per heavy atom. The van der Waals surface area contributed by atoms with Crippen LogP contribution in [-0.4, -0.2) is 21.1 Å². The fourth-order valence-corrected chi connectivity index (χ4v) is 1.04. The van der Waals surface area contributed by atoms with Gasteiger partial charge >= 0.3 is 0 Å². The smallest absolute Gasteiger partial charge is 0.253 e. The van der Waals surface area contributed by atoms with Gasteiger partial charge in [0.05, 0.1) is 6.20 Å². The van der Waals surface area contributed by atoms with Gasteiger partial charge < -0.3 is 0 Å². The number of hydrogen-bond acceptors (Lipinski definition) is 3. The minimum atomic E-state index is 0.374. The van der Waals surface area contributed by atoms with Crippen molar-refractivity contribution in [1.29, 1.82) is 0 Å². The Morgan fingerprint density at radius 2 is 2.15 bits per heavy atom. The van der Waals surface area contributed by atoms with E-state index in [0.29, 0.717) is 11.5 Å². The van der Waals surface area contributed by atoms with E-state index in [4.69, 9.17) is 0 Å². The van der Waals surface area contributed by atoms with E-state index < -0.39 is 0 Å². The highest BCUT2D eigenvalue weighted by molar-refractivity contribution is 5.73. The molecule has 1 radical (unpaired) electrons. The van der Waals surface area contributed by atoms with E-state index in [1.807, 2.05) is 6.07 Å². The summed E-state index contributed by atoms with van der Waals surface area (Å²) in [5.74, 6) is 0.617. The van der Waals surface area contributed by atoms with E-state index >= 15 is 0 Å². The van der Waals surface area contributed by atoms with Crippen LogP contribution in [0.4, 0.5) is 0 Å². The number of nitrogens with zero attached hydrogens (tertiary/aromatic N) is 3. The number of carbonyl (C=O) groups excluding carboxylic acids is 1. The second-order valence-corrected chi connectivity index (χ2v) is 2.42. The molecule has 0 atom stereocenters. The van der Waals surface area contributed by atoms with Crippen LogP contribution in [0, 0.1) is 0 Å². The highest BCUT2D eigenvalue weighted by atomic mass is 16.1. The van der Waals surface area contributed by atoms with Gasteiger partial charge in [-0.25, -0.2) is 9.67 Å². The standard InChI is InChI=1S/C9H6N3O/c13-7-8-4-6-11-12(8)9-3-1-2-5-10-9/h1-6H. The monoisotopic (exact) mass is 172 g/mol. The first-order valence-electron chi connectivity index (χ1n) is 3.75. The van der Waals surface area contributed by atoms with Gasteiger partial charge in [-0.15, -0.1) is 0 Å². The van der Waals surface area contributed by atoms with E-state index in [2.05, 4.69) is 10.1 Å². The van der Waals surface area contributed by atoms with Crippen LogP contribution >= 0.6 is 0 Å². The molecule has 0 saturated heterocycles. The lowest BCUT2D eigenvalue weighted by atomic mass is 10.4. The summed E-state index contributed by atoms with van der Waals surface area (Å²) in [6.07, 6.45) is 4.97. The van der Waals surface area contributed by atoms with Crippen LogP contribution in [0.1, 0.15) is 5.69 Å². The molecule has 0 spiro atoms. The number of aromatic nitrogens is 3. The van der Waals surface area contributed by atoms with E-state index in [0.717, 1.165) is 0 Å². The lowest BCUT2D eigenvalue weighted by molar-refractivity contribution is 0.559. The SMILES string of the molecule is O=[C]c1ccnn1-c1ccccn1. The highest BCUT2D eigenvalue weighted by Crippen LogP contribution is 2.04. The first kappa shape index (κ1) is 7.67. The summed E-state index contributed by atoms with van der Waals surface area (Å²) in [6.45, 7) is 0. The summed E-state index contributed by atoms with van der Waals surface area (Å²) in [4.78, 5) is 14.5. The van der Waals surface area contributed by atoms with Gasteiger partial charge in [0.1, 0.15) is 5.69 Å². The molecule has 13 heavy (non-hydrogen) atoms. The van der Waals surface area contributed by atoms with Crippen molar-refractivity contribution in [3.63, 3.8) is 0 Å². The number of pyridine rings is 1. The van der Waals surface area contributed by atoms with Gasteiger partial charge in [0.15, 0.2) is 5.82 Å². The van der Waals surface area contributed by atoms with Crippen LogP contribution in [0.15, 0.2) is 36.7 Å². The van der Waals surface area contributed by atoms with Crippen molar-refractivity contribution in [2.75, 3.05) is 0 Å². The molecule has 0 amide bonds.